The van der Waals surface area contributed by atoms with Crippen LogP contribution in [0.5, 0.6) is 0 Å². The fourth-order valence-corrected chi connectivity index (χ4v) is 2.42. The van der Waals surface area contributed by atoms with Gasteiger partial charge in [0, 0.05) is 52.2 Å². The summed E-state index contributed by atoms with van der Waals surface area (Å²) in [4.78, 5) is 15.8. The molecule has 2 N–H and O–H groups in total. The third-order valence-electron chi connectivity index (χ3n) is 3.42. The summed E-state index contributed by atoms with van der Waals surface area (Å²) < 4.78 is 2.07. The molecule has 1 amide bonds. The highest BCUT2D eigenvalue weighted by Crippen LogP contribution is 2.09. The Morgan fingerprint density at radius 2 is 2.17 bits per heavy atom. The van der Waals surface area contributed by atoms with Crippen molar-refractivity contribution in [1.82, 2.24) is 14.4 Å². The summed E-state index contributed by atoms with van der Waals surface area (Å²) in [6.45, 7) is 4.69. The molecule has 5 nitrogen and oxygen atoms in total. The molecule has 0 atom stereocenters. The van der Waals surface area contributed by atoms with Crippen molar-refractivity contribution in [2.24, 2.45) is 12.8 Å². The Balaban J connectivity index is 1.87. The average Bonchev–Trinajstić information content (AvgIpc) is 2.64. The van der Waals surface area contributed by atoms with E-state index in [1.165, 1.54) is 5.56 Å². The summed E-state index contributed by atoms with van der Waals surface area (Å²) >= 11 is 0. The second-order valence-corrected chi connectivity index (χ2v) is 4.90. The Labute approximate surface area is 108 Å². The van der Waals surface area contributed by atoms with Crippen LogP contribution in [0.25, 0.3) is 0 Å². The van der Waals surface area contributed by atoms with Gasteiger partial charge in [-0.3, -0.25) is 9.69 Å². The van der Waals surface area contributed by atoms with Gasteiger partial charge in [-0.15, -0.1) is 0 Å². The molecule has 1 saturated heterocycles. The molecule has 0 aromatic carbocycles. The number of aromatic nitrogens is 1. The molecule has 0 bridgehead atoms. The minimum atomic E-state index is 0.0663. The van der Waals surface area contributed by atoms with E-state index in [1.54, 1.807) is 0 Å². The van der Waals surface area contributed by atoms with Gasteiger partial charge < -0.3 is 15.2 Å². The molecule has 1 aliphatic rings. The monoisotopic (exact) mass is 250 g/mol. The first kappa shape index (κ1) is 13.1. The summed E-state index contributed by atoms with van der Waals surface area (Å²) in [5.74, 6) is 0.0663. The van der Waals surface area contributed by atoms with Crippen molar-refractivity contribution in [3.8, 4) is 0 Å². The molecular weight excluding hydrogens is 228 g/mol. The first-order chi connectivity index (χ1) is 8.69. The molecule has 0 unspecified atom stereocenters. The van der Waals surface area contributed by atoms with Crippen LogP contribution in [0.1, 0.15) is 12.0 Å². The SMILES string of the molecule is Cn1ccc(CN2CCCN(C(=O)CN)CC2)c1. The fraction of sp³-hybridized carbons (Fsp3) is 0.615. The van der Waals surface area contributed by atoms with E-state index in [0.717, 1.165) is 39.1 Å². The molecule has 1 fully saturated rings. The summed E-state index contributed by atoms with van der Waals surface area (Å²) in [5, 5.41) is 0. The first-order valence-corrected chi connectivity index (χ1v) is 6.50. The number of nitrogens with two attached hydrogens (primary N) is 1. The maximum Gasteiger partial charge on any atom is 0.236 e. The molecule has 1 aliphatic heterocycles. The van der Waals surface area contributed by atoms with E-state index >= 15 is 0 Å². The molecule has 1 aromatic heterocycles. The predicted molar refractivity (Wildman–Crippen MR) is 70.9 cm³/mol. The highest BCUT2D eigenvalue weighted by Gasteiger charge is 2.18. The summed E-state index contributed by atoms with van der Waals surface area (Å²) in [6.07, 6.45) is 5.24. The van der Waals surface area contributed by atoms with Gasteiger partial charge in [-0.1, -0.05) is 0 Å². The molecular formula is C13H22N4O. The molecule has 0 saturated carbocycles. The quantitative estimate of drug-likeness (QED) is 0.823. The van der Waals surface area contributed by atoms with Gasteiger partial charge in [-0.05, 0) is 18.1 Å². The molecule has 0 radical (unpaired) electrons. The van der Waals surface area contributed by atoms with Gasteiger partial charge in [-0.25, -0.2) is 0 Å². The van der Waals surface area contributed by atoms with Crippen LogP contribution in [0, 0.1) is 0 Å². The third kappa shape index (κ3) is 3.34. The van der Waals surface area contributed by atoms with Gasteiger partial charge in [0.1, 0.15) is 0 Å². The van der Waals surface area contributed by atoms with Crippen LogP contribution < -0.4 is 5.73 Å². The van der Waals surface area contributed by atoms with Gasteiger partial charge in [-0.2, -0.15) is 0 Å². The van der Waals surface area contributed by atoms with Crippen LogP contribution in [0.3, 0.4) is 0 Å². The smallest absolute Gasteiger partial charge is 0.236 e. The first-order valence-electron chi connectivity index (χ1n) is 6.50. The summed E-state index contributed by atoms with van der Waals surface area (Å²) in [5.41, 5.74) is 6.74. The second kappa shape index (κ2) is 6.02. The topological polar surface area (TPSA) is 54.5 Å². The average molecular weight is 250 g/mol. The Kier molecular flexibility index (Phi) is 4.38. The molecule has 1 aromatic rings. The van der Waals surface area contributed by atoms with Crippen molar-refractivity contribution < 1.29 is 4.79 Å². The summed E-state index contributed by atoms with van der Waals surface area (Å²) in [7, 11) is 2.04. The Bertz CT molecular complexity index is 401. The molecule has 2 heterocycles. The molecule has 0 aliphatic carbocycles. The van der Waals surface area contributed by atoms with Crippen molar-refractivity contribution in [3.05, 3.63) is 24.0 Å². The molecule has 18 heavy (non-hydrogen) atoms. The zero-order chi connectivity index (χ0) is 13.0. The van der Waals surface area contributed by atoms with Crippen LogP contribution in [0.4, 0.5) is 0 Å². The normalized spacial score (nSPS) is 17.8. The highest BCUT2D eigenvalue weighted by molar-refractivity contribution is 5.78. The van der Waals surface area contributed by atoms with E-state index in [1.807, 2.05) is 11.9 Å². The summed E-state index contributed by atoms with van der Waals surface area (Å²) in [6, 6.07) is 2.15. The zero-order valence-electron chi connectivity index (χ0n) is 11.0. The van der Waals surface area contributed by atoms with E-state index in [-0.39, 0.29) is 12.5 Å². The number of hydrogen-bond acceptors (Lipinski definition) is 3. The number of hydrogen-bond donors (Lipinski definition) is 1. The minimum Gasteiger partial charge on any atom is -0.357 e. The number of aryl methyl sites for hydroxylation is 1. The van der Waals surface area contributed by atoms with Crippen LogP contribution in [-0.4, -0.2) is 53.0 Å². The maximum atomic E-state index is 11.6. The molecule has 5 heteroatoms. The zero-order valence-corrected chi connectivity index (χ0v) is 11.0. The van der Waals surface area contributed by atoms with Crippen molar-refractivity contribution in [2.75, 3.05) is 32.7 Å². The fourth-order valence-electron chi connectivity index (χ4n) is 2.42. The van der Waals surface area contributed by atoms with Gasteiger partial charge in [0.15, 0.2) is 0 Å². The van der Waals surface area contributed by atoms with E-state index in [2.05, 4.69) is 27.9 Å². The lowest BCUT2D eigenvalue weighted by atomic mass is 10.3. The lowest BCUT2D eigenvalue weighted by Gasteiger charge is -2.21. The Morgan fingerprint density at radius 1 is 1.33 bits per heavy atom. The van der Waals surface area contributed by atoms with Crippen molar-refractivity contribution in [3.63, 3.8) is 0 Å². The highest BCUT2D eigenvalue weighted by atomic mass is 16.2. The largest absolute Gasteiger partial charge is 0.357 e. The minimum absolute atomic E-state index is 0.0663. The van der Waals surface area contributed by atoms with E-state index in [9.17, 15) is 4.79 Å². The number of amides is 1. The van der Waals surface area contributed by atoms with Crippen LogP contribution in [-0.2, 0) is 18.4 Å². The van der Waals surface area contributed by atoms with Crippen LogP contribution in [0.2, 0.25) is 0 Å². The number of carbonyl (C=O) groups excluding carboxylic acids is 1. The molecule has 100 valence electrons. The van der Waals surface area contributed by atoms with Crippen molar-refractivity contribution >= 4 is 5.91 Å². The van der Waals surface area contributed by atoms with Crippen LogP contribution in [0.15, 0.2) is 18.5 Å². The van der Waals surface area contributed by atoms with E-state index in [0.29, 0.717) is 0 Å². The van der Waals surface area contributed by atoms with Gasteiger partial charge >= 0.3 is 0 Å². The lowest BCUT2D eigenvalue weighted by molar-refractivity contribution is -0.129. The second-order valence-electron chi connectivity index (χ2n) is 4.90. The van der Waals surface area contributed by atoms with E-state index < -0.39 is 0 Å². The Morgan fingerprint density at radius 3 is 2.83 bits per heavy atom. The number of carbonyl (C=O) groups is 1. The Hall–Kier alpha value is -1.33. The molecule has 0 spiro atoms. The standard InChI is InChI=1S/C13H22N4O/c1-15-6-3-12(10-15)11-16-4-2-5-17(8-7-16)13(18)9-14/h3,6,10H,2,4-5,7-9,11,14H2,1H3. The molecule has 2 rings (SSSR count). The van der Waals surface area contributed by atoms with E-state index in [4.69, 9.17) is 5.73 Å². The lowest BCUT2D eigenvalue weighted by Crippen LogP contribution is -2.38. The number of rotatable bonds is 3. The van der Waals surface area contributed by atoms with Gasteiger partial charge in [0.25, 0.3) is 0 Å². The third-order valence-corrected chi connectivity index (χ3v) is 3.42. The predicted octanol–water partition coefficient (Wildman–Crippen LogP) is 0.0181. The van der Waals surface area contributed by atoms with Gasteiger partial charge in [0.05, 0.1) is 6.54 Å². The maximum absolute atomic E-state index is 11.6. The van der Waals surface area contributed by atoms with Crippen molar-refractivity contribution in [2.45, 2.75) is 13.0 Å². The van der Waals surface area contributed by atoms with Crippen LogP contribution >= 0.6 is 0 Å². The van der Waals surface area contributed by atoms with Crippen molar-refractivity contribution in [1.29, 1.82) is 0 Å². The van der Waals surface area contributed by atoms with Gasteiger partial charge in [0.2, 0.25) is 5.91 Å². The number of nitrogens with zero attached hydrogens (tertiary/aromatic N) is 3.